The average Bonchev–Trinajstić information content (AvgIpc) is 2.53. The highest BCUT2D eigenvalue weighted by molar-refractivity contribution is 7.89. The number of hydrogen-bond acceptors (Lipinski definition) is 4. The van der Waals surface area contributed by atoms with E-state index in [0.29, 0.717) is 11.7 Å². The summed E-state index contributed by atoms with van der Waals surface area (Å²) in [7, 11) is -1.86. The summed E-state index contributed by atoms with van der Waals surface area (Å²) in [5.41, 5.74) is 0. The highest BCUT2D eigenvalue weighted by Gasteiger charge is 2.28. The minimum atomic E-state index is -3.54. The van der Waals surface area contributed by atoms with Crippen LogP contribution in [0.1, 0.15) is 45.4 Å². The van der Waals surface area contributed by atoms with E-state index >= 15 is 0 Å². The zero-order chi connectivity index (χ0) is 15.3. The van der Waals surface area contributed by atoms with Crippen LogP contribution in [0.4, 0.5) is 5.82 Å². The van der Waals surface area contributed by atoms with Gasteiger partial charge >= 0.3 is 0 Å². The van der Waals surface area contributed by atoms with E-state index in [9.17, 15) is 8.42 Å². The molecule has 1 unspecified atom stereocenters. The van der Waals surface area contributed by atoms with Crippen molar-refractivity contribution in [3.63, 3.8) is 0 Å². The second kappa shape index (κ2) is 7.22. The third kappa shape index (κ3) is 3.95. The van der Waals surface area contributed by atoms with Gasteiger partial charge in [0.1, 0.15) is 10.7 Å². The summed E-state index contributed by atoms with van der Waals surface area (Å²) in [6.07, 6.45) is 8.32. The first kappa shape index (κ1) is 16.2. The van der Waals surface area contributed by atoms with Crippen LogP contribution in [-0.2, 0) is 10.0 Å². The molecule has 1 aliphatic carbocycles. The quantitative estimate of drug-likeness (QED) is 0.847. The van der Waals surface area contributed by atoms with Gasteiger partial charge in [0, 0.05) is 19.3 Å². The first-order valence-electron chi connectivity index (χ1n) is 7.73. The number of aromatic nitrogens is 1. The van der Waals surface area contributed by atoms with Crippen molar-refractivity contribution in [1.82, 2.24) is 9.71 Å². The Labute approximate surface area is 127 Å². The molecule has 118 valence electrons. The minimum absolute atomic E-state index is 0.0141. The number of hydrogen-bond donors (Lipinski definition) is 2. The van der Waals surface area contributed by atoms with Gasteiger partial charge in [-0.15, -0.1) is 0 Å². The van der Waals surface area contributed by atoms with Gasteiger partial charge in [0.25, 0.3) is 0 Å². The van der Waals surface area contributed by atoms with Crippen molar-refractivity contribution in [1.29, 1.82) is 0 Å². The van der Waals surface area contributed by atoms with Gasteiger partial charge in [0.05, 0.1) is 0 Å². The predicted molar refractivity (Wildman–Crippen MR) is 84.8 cm³/mol. The number of rotatable bonds is 6. The lowest BCUT2D eigenvalue weighted by molar-refractivity contribution is 0.285. The molecule has 0 bridgehead atoms. The lowest BCUT2D eigenvalue weighted by Gasteiger charge is -2.30. The third-order valence-corrected chi connectivity index (χ3v) is 5.78. The molecule has 21 heavy (non-hydrogen) atoms. The number of nitrogens with one attached hydrogen (secondary N) is 2. The highest BCUT2D eigenvalue weighted by Crippen LogP contribution is 2.29. The average molecular weight is 311 g/mol. The van der Waals surface area contributed by atoms with Crippen molar-refractivity contribution in [2.24, 2.45) is 5.92 Å². The third-order valence-electron chi connectivity index (χ3n) is 4.26. The topological polar surface area (TPSA) is 71.1 Å². The molecule has 2 rings (SSSR count). The molecule has 5 nitrogen and oxygen atoms in total. The summed E-state index contributed by atoms with van der Waals surface area (Å²) in [4.78, 5) is 4.30. The van der Waals surface area contributed by atoms with Crippen molar-refractivity contribution in [2.45, 2.75) is 56.4 Å². The maximum atomic E-state index is 12.6. The molecule has 1 aliphatic rings. The van der Waals surface area contributed by atoms with Crippen molar-refractivity contribution < 1.29 is 8.42 Å². The lowest BCUT2D eigenvalue weighted by atomic mass is 9.83. The van der Waals surface area contributed by atoms with Crippen molar-refractivity contribution in [3.8, 4) is 0 Å². The molecule has 2 N–H and O–H groups in total. The monoisotopic (exact) mass is 311 g/mol. The Morgan fingerprint density at radius 3 is 2.67 bits per heavy atom. The van der Waals surface area contributed by atoms with Gasteiger partial charge in [0.15, 0.2) is 0 Å². The Kier molecular flexibility index (Phi) is 5.58. The molecule has 0 amide bonds. The fraction of sp³-hybridized carbons (Fsp3) is 0.667. The smallest absolute Gasteiger partial charge is 0.244 e. The molecular weight excluding hydrogens is 286 g/mol. The van der Waals surface area contributed by atoms with E-state index in [2.05, 4.69) is 15.0 Å². The van der Waals surface area contributed by atoms with Crippen LogP contribution in [-0.4, -0.2) is 26.5 Å². The molecule has 1 fully saturated rings. The van der Waals surface area contributed by atoms with Crippen molar-refractivity contribution in [2.75, 3.05) is 12.4 Å². The van der Waals surface area contributed by atoms with Crippen LogP contribution < -0.4 is 10.0 Å². The fourth-order valence-corrected chi connectivity index (χ4v) is 4.66. The summed E-state index contributed by atoms with van der Waals surface area (Å²) in [6, 6.07) is 3.26. The summed E-state index contributed by atoms with van der Waals surface area (Å²) in [5.74, 6) is 0.844. The Hall–Kier alpha value is -1.14. The lowest BCUT2D eigenvalue weighted by Crippen LogP contribution is -2.40. The first-order valence-corrected chi connectivity index (χ1v) is 9.22. The minimum Gasteiger partial charge on any atom is -0.372 e. The van der Waals surface area contributed by atoms with E-state index in [1.54, 1.807) is 25.4 Å². The summed E-state index contributed by atoms with van der Waals surface area (Å²) in [5, 5.41) is 2.84. The number of nitrogens with zero attached hydrogens (tertiary/aromatic N) is 1. The van der Waals surface area contributed by atoms with Crippen molar-refractivity contribution in [3.05, 3.63) is 18.3 Å². The van der Waals surface area contributed by atoms with E-state index in [-0.39, 0.29) is 10.9 Å². The summed E-state index contributed by atoms with van der Waals surface area (Å²) in [6.45, 7) is 2.05. The molecule has 1 aromatic rings. The van der Waals surface area contributed by atoms with Crippen LogP contribution in [0, 0.1) is 5.92 Å². The second-order valence-electron chi connectivity index (χ2n) is 5.63. The van der Waals surface area contributed by atoms with E-state index < -0.39 is 10.0 Å². The molecule has 6 heteroatoms. The molecular formula is C15H25N3O2S. The predicted octanol–water partition coefficient (Wildman–Crippen LogP) is 2.76. The molecule has 0 spiro atoms. The largest absolute Gasteiger partial charge is 0.372 e. The Morgan fingerprint density at radius 1 is 1.33 bits per heavy atom. The standard InChI is InChI=1S/C15H25N3O2S/c1-3-13(12-8-5-4-6-9-12)18-21(19,20)14-10-7-11-17-15(14)16-2/h7,10-13,18H,3-6,8-9H2,1-2H3,(H,16,17). The van der Waals surface area contributed by atoms with Gasteiger partial charge in [-0.1, -0.05) is 26.2 Å². The van der Waals surface area contributed by atoms with Crippen LogP contribution in [0.25, 0.3) is 0 Å². The van der Waals surface area contributed by atoms with Gasteiger partial charge in [-0.3, -0.25) is 0 Å². The highest BCUT2D eigenvalue weighted by atomic mass is 32.2. The Morgan fingerprint density at radius 2 is 2.05 bits per heavy atom. The SMILES string of the molecule is CCC(NS(=O)(=O)c1cccnc1NC)C1CCCCC1. The fourth-order valence-electron chi connectivity index (χ4n) is 3.11. The Bertz CT molecular complexity index is 554. The van der Waals surface area contributed by atoms with Crippen molar-refractivity contribution >= 4 is 15.8 Å². The molecule has 1 saturated carbocycles. The van der Waals surface area contributed by atoms with Crippen LogP contribution in [0.15, 0.2) is 23.2 Å². The first-order chi connectivity index (χ1) is 10.1. The zero-order valence-electron chi connectivity index (χ0n) is 12.8. The molecule has 0 radical (unpaired) electrons. The van der Waals surface area contributed by atoms with Crippen LogP contribution in [0.5, 0.6) is 0 Å². The normalized spacial score (nSPS) is 18.4. The molecule has 1 aromatic heterocycles. The van der Waals surface area contributed by atoms with Gasteiger partial charge in [-0.2, -0.15) is 0 Å². The van der Waals surface area contributed by atoms with Gasteiger partial charge in [-0.05, 0) is 37.3 Å². The molecule has 0 aromatic carbocycles. The maximum Gasteiger partial charge on any atom is 0.244 e. The van der Waals surface area contributed by atoms with Gasteiger partial charge < -0.3 is 5.32 Å². The second-order valence-corrected chi connectivity index (χ2v) is 7.32. The van der Waals surface area contributed by atoms with Gasteiger partial charge in [0.2, 0.25) is 10.0 Å². The zero-order valence-corrected chi connectivity index (χ0v) is 13.6. The number of pyridine rings is 1. The Balaban J connectivity index is 2.18. The maximum absolute atomic E-state index is 12.6. The number of anilines is 1. The molecule has 0 saturated heterocycles. The van der Waals surface area contributed by atoms with E-state index in [1.807, 2.05) is 6.92 Å². The van der Waals surface area contributed by atoms with Crippen LogP contribution in [0.2, 0.25) is 0 Å². The van der Waals surface area contributed by atoms with Crippen LogP contribution >= 0.6 is 0 Å². The molecule has 1 atom stereocenters. The number of sulfonamides is 1. The summed E-state index contributed by atoms with van der Waals surface area (Å²) >= 11 is 0. The molecule has 0 aliphatic heterocycles. The van der Waals surface area contributed by atoms with E-state index in [0.717, 1.165) is 19.3 Å². The molecule has 1 heterocycles. The van der Waals surface area contributed by atoms with Crippen LogP contribution in [0.3, 0.4) is 0 Å². The summed E-state index contributed by atoms with van der Waals surface area (Å²) < 4.78 is 28.2. The van der Waals surface area contributed by atoms with Gasteiger partial charge in [-0.25, -0.2) is 18.1 Å². The van der Waals surface area contributed by atoms with E-state index in [1.165, 1.54) is 19.3 Å². The van der Waals surface area contributed by atoms with E-state index in [4.69, 9.17) is 0 Å².